The summed E-state index contributed by atoms with van der Waals surface area (Å²) in [6.45, 7) is 6.74. The highest BCUT2D eigenvalue weighted by Gasteiger charge is 2.32. The van der Waals surface area contributed by atoms with Gasteiger partial charge in [-0.2, -0.15) is 0 Å². The van der Waals surface area contributed by atoms with E-state index < -0.39 is 10.0 Å². The molecule has 1 heterocycles. The van der Waals surface area contributed by atoms with E-state index in [1.165, 1.54) is 6.07 Å². The zero-order valence-corrected chi connectivity index (χ0v) is 19.6. The molecule has 162 valence electrons. The Labute approximate surface area is 185 Å². The minimum absolute atomic E-state index is 0.0513. The minimum atomic E-state index is -4.02. The number of benzene rings is 2. The Morgan fingerprint density at radius 3 is 2.53 bits per heavy atom. The predicted molar refractivity (Wildman–Crippen MR) is 120 cm³/mol. The zero-order valence-electron chi connectivity index (χ0n) is 17.2. The second kappa shape index (κ2) is 9.26. The van der Waals surface area contributed by atoms with Crippen LogP contribution < -0.4 is 19.1 Å². The minimum Gasteiger partial charge on any atom is -0.494 e. The number of sulfonamides is 1. The number of anilines is 2. The molecule has 0 spiro atoms. The molecule has 0 saturated carbocycles. The van der Waals surface area contributed by atoms with Crippen LogP contribution in [0.15, 0.2) is 39.7 Å². The Morgan fingerprint density at radius 2 is 1.87 bits per heavy atom. The average Bonchev–Trinajstić information content (AvgIpc) is 3.12. The van der Waals surface area contributed by atoms with Gasteiger partial charge in [0.1, 0.15) is 16.4 Å². The van der Waals surface area contributed by atoms with E-state index in [2.05, 4.69) is 20.7 Å². The maximum absolute atomic E-state index is 13.4. The van der Waals surface area contributed by atoms with Gasteiger partial charge in [0.05, 0.1) is 24.6 Å². The summed E-state index contributed by atoms with van der Waals surface area (Å²) in [5, 5.41) is 0. The first-order chi connectivity index (χ1) is 14.3. The molecule has 1 aliphatic rings. The van der Waals surface area contributed by atoms with Crippen molar-refractivity contribution in [2.75, 3.05) is 29.4 Å². The van der Waals surface area contributed by atoms with Crippen molar-refractivity contribution in [3.8, 4) is 11.5 Å². The smallest absolute Gasteiger partial charge is 0.264 e. The van der Waals surface area contributed by atoms with E-state index in [1.54, 1.807) is 30.0 Å². The van der Waals surface area contributed by atoms with Gasteiger partial charge >= 0.3 is 0 Å². The van der Waals surface area contributed by atoms with Crippen LogP contribution in [0.5, 0.6) is 11.5 Å². The number of rotatable bonds is 8. The van der Waals surface area contributed by atoms with Gasteiger partial charge in [-0.3, -0.25) is 9.52 Å². The molecule has 1 aliphatic heterocycles. The third-order valence-electron chi connectivity index (χ3n) is 4.69. The highest BCUT2D eigenvalue weighted by Crippen LogP contribution is 2.39. The molecular formula is C21H25BrN2O5S. The Bertz CT molecular complexity index is 1060. The van der Waals surface area contributed by atoms with E-state index in [1.807, 2.05) is 19.9 Å². The lowest BCUT2D eigenvalue weighted by Gasteiger charge is -2.21. The first-order valence-electron chi connectivity index (χ1n) is 9.85. The van der Waals surface area contributed by atoms with Crippen molar-refractivity contribution in [2.24, 2.45) is 0 Å². The Morgan fingerprint density at radius 1 is 1.13 bits per heavy atom. The normalized spacial score (nSPS) is 13.1. The molecule has 0 atom stereocenters. The van der Waals surface area contributed by atoms with Gasteiger partial charge in [-0.25, -0.2) is 8.42 Å². The Kier molecular flexibility index (Phi) is 6.92. The number of halogens is 1. The van der Waals surface area contributed by atoms with Crippen molar-refractivity contribution < 1.29 is 22.7 Å². The van der Waals surface area contributed by atoms with E-state index in [0.717, 1.165) is 5.56 Å². The van der Waals surface area contributed by atoms with Crippen molar-refractivity contribution in [1.82, 2.24) is 0 Å². The van der Waals surface area contributed by atoms with Crippen LogP contribution >= 0.6 is 15.9 Å². The molecule has 0 unspecified atom stereocenters. The molecule has 2 aromatic rings. The number of fused-ring (bicyclic) bond motifs is 1. The topological polar surface area (TPSA) is 84.9 Å². The van der Waals surface area contributed by atoms with Crippen molar-refractivity contribution in [3.63, 3.8) is 0 Å². The number of nitrogens with one attached hydrogen (secondary N) is 1. The molecule has 9 heteroatoms. The van der Waals surface area contributed by atoms with Crippen molar-refractivity contribution in [3.05, 3.63) is 40.4 Å². The summed E-state index contributed by atoms with van der Waals surface area (Å²) in [5.74, 6) is 0.819. The Hall–Kier alpha value is -2.26. The van der Waals surface area contributed by atoms with Gasteiger partial charge in [0.2, 0.25) is 5.91 Å². The SMILES string of the molecule is CCOc1ccc(OCC)c(NS(=O)(=O)c2cc(Br)cc3c2N(C(=O)CC)CC3)c1. The molecule has 1 N–H and O–H groups in total. The van der Waals surface area contributed by atoms with E-state index in [4.69, 9.17) is 9.47 Å². The van der Waals surface area contributed by atoms with Crippen molar-refractivity contribution in [1.29, 1.82) is 0 Å². The summed E-state index contributed by atoms with van der Waals surface area (Å²) in [6.07, 6.45) is 0.903. The average molecular weight is 497 g/mol. The lowest BCUT2D eigenvalue weighted by atomic mass is 10.2. The van der Waals surface area contributed by atoms with Gasteiger partial charge in [0, 0.05) is 23.5 Å². The largest absolute Gasteiger partial charge is 0.494 e. The van der Waals surface area contributed by atoms with E-state index in [0.29, 0.717) is 54.3 Å². The summed E-state index contributed by atoms with van der Waals surface area (Å²) in [6, 6.07) is 8.38. The van der Waals surface area contributed by atoms with Gasteiger partial charge in [0.15, 0.2) is 0 Å². The van der Waals surface area contributed by atoms with E-state index in [-0.39, 0.29) is 16.5 Å². The molecule has 0 aliphatic carbocycles. The number of ether oxygens (including phenoxy) is 2. The predicted octanol–water partition coefficient (Wildman–Crippen LogP) is 4.35. The monoisotopic (exact) mass is 496 g/mol. The third kappa shape index (κ3) is 4.57. The highest BCUT2D eigenvalue weighted by molar-refractivity contribution is 9.10. The van der Waals surface area contributed by atoms with Gasteiger partial charge < -0.3 is 14.4 Å². The number of amides is 1. The van der Waals surface area contributed by atoms with Crippen LogP contribution in [0.25, 0.3) is 0 Å². The summed E-state index contributed by atoms with van der Waals surface area (Å²) < 4.78 is 41.2. The molecule has 30 heavy (non-hydrogen) atoms. The van der Waals surface area contributed by atoms with Gasteiger partial charge in [0.25, 0.3) is 10.0 Å². The fourth-order valence-electron chi connectivity index (χ4n) is 3.44. The summed E-state index contributed by atoms with van der Waals surface area (Å²) >= 11 is 3.40. The number of hydrogen-bond donors (Lipinski definition) is 1. The fourth-order valence-corrected chi connectivity index (χ4v) is 5.43. The van der Waals surface area contributed by atoms with E-state index >= 15 is 0 Å². The maximum atomic E-state index is 13.4. The summed E-state index contributed by atoms with van der Waals surface area (Å²) in [7, 11) is -4.02. The molecule has 2 aromatic carbocycles. The van der Waals surface area contributed by atoms with Crippen LogP contribution in [0, 0.1) is 0 Å². The number of carbonyl (C=O) groups is 1. The van der Waals surface area contributed by atoms with Gasteiger partial charge in [-0.05, 0) is 50.1 Å². The molecule has 0 fully saturated rings. The molecular weight excluding hydrogens is 472 g/mol. The second-order valence-corrected chi connectivity index (χ2v) is 9.26. The maximum Gasteiger partial charge on any atom is 0.264 e. The van der Waals surface area contributed by atoms with Crippen molar-refractivity contribution in [2.45, 2.75) is 38.5 Å². The molecule has 7 nitrogen and oxygen atoms in total. The number of carbonyl (C=O) groups excluding carboxylic acids is 1. The number of nitrogens with zero attached hydrogens (tertiary/aromatic N) is 1. The first-order valence-corrected chi connectivity index (χ1v) is 12.1. The van der Waals surface area contributed by atoms with Crippen molar-refractivity contribution >= 4 is 43.2 Å². The standard InChI is InChI=1S/C21H25BrN2O5S/c1-4-20(25)24-10-9-14-11-15(22)12-19(21(14)24)30(26,27)23-17-13-16(28-5-2)7-8-18(17)29-6-3/h7-8,11-13,23H,4-6,9-10H2,1-3H3. The quantitative estimate of drug-likeness (QED) is 0.587. The van der Waals surface area contributed by atoms with Crippen LogP contribution in [0.1, 0.15) is 32.8 Å². The van der Waals surface area contributed by atoms with E-state index in [9.17, 15) is 13.2 Å². The first kappa shape index (κ1) is 22.4. The summed E-state index contributed by atoms with van der Waals surface area (Å²) in [5.41, 5.74) is 1.54. The van der Waals surface area contributed by atoms with Crippen LogP contribution in [0.2, 0.25) is 0 Å². The molecule has 3 rings (SSSR count). The lowest BCUT2D eigenvalue weighted by Crippen LogP contribution is -2.29. The van der Waals surface area contributed by atoms with Gasteiger partial charge in [-0.15, -0.1) is 0 Å². The second-order valence-electron chi connectivity index (χ2n) is 6.69. The molecule has 0 radical (unpaired) electrons. The van der Waals surface area contributed by atoms with Crippen LogP contribution in [-0.2, 0) is 21.2 Å². The molecule has 1 amide bonds. The Balaban J connectivity index is 2.08. The molecule has 0 saturated heterocycles. The summed E-state index contributed by atoms with van der Waals surface area (Å²) in [4.78, 5) is 14.0. The fraction of sp³-hybridized carbons (Fsp3) is 0.381. The zero-order chi connectivity index (χ0) is 21.9. The van der Waals surface area contributed by atoms with Crippen LogP contribution in [0.3, 0.4) is 0 Å². The highest BCUT2D eigenvalue weighted by atomic mass is 79.9. The lowest BCUT2D eigenvalue weighted by molar-refractivity contribution is -0.118. The molecule has 0 aromatic heterocycles. The third-order valence-corrected chi connectivity index (χ3v) is 6.53. The number of hydrogen-bond acceptors (Lipinski definition) is 5. The van der Waals surface area contributed by atoms with Crippen LogP contribution in [0.4, 0.5) is 11.4 Å². The van der Waals surface area contributed by atoms with Gasteiger partial charge in [-0.1, -0.05) is 22.9 Å². The molecule has 0 bridgehead atoms. The van der Waals surface area contributed by atoms with Crippen LogP contribution in [-0.4, -0.2) is 34.1 Å².